The SMILES string of the molecule is COC(=O)[C@@H](NC(=O)C[C@H](O)CNC(=O)OCc1ccccc1)[C@@H](C)CC#N. The summed E-state index contributed by atoms with van der Waals surface area (Å²) in [6, 6.07) is 10.0. The van der Waals surface area contributed by atoms with Crippen LogP contribution >= 0.6 is 0 Å². The zero-order valence-corrected chi connectivity index (χ0v) is 15.9. The van der Waals surface area contributed by atoms with Crippen LogP contribution in [0.4, 0.5) is 4.79 Å². The fraction of sp³-hybridized carbons (Fsp3) is 0.474. The number of amides is 2. The van der Waals surface area contributed by atoms with Crippen molar-refractivity contribution in [3.63, 3.8) is 0 Å². The number of nitriles is 1. The molecule has 0 aromatic heterocycles. The van der Waals surface area contributed by atoms with E-state index in [1.54, 1.807) is 19.1 Å². The number of carbonyl (C=O) groups is 3. The number of alkyl carbamates (subject to hydrolysis) is 1. The van der Waals surface area contributed by atoms with Gasteiger partial charge in [-0.3, -0.25) is 4.79 Å². The molecule has 0 aliphatic rings. The molecule has 28 heavy (non-hydrogen) atoms. The fourth-order valence-electron chi connectivity index (χ4n) is 2.32. The van der Waals surface area contributed by atoms with Gasteiger partial charge in [-0.25, -0.2) is 9.59 Å². The molecule has 2 amide bonds. The first-order valence-corrected chi connectivity index (χ1v) is 8.74. The second kappa shape index (κ2) is 12.3. The lowest BCUT2D eigenvalue weighted by atomic mass is 9.98. The van der Waals surface area contributed by atoms with Crippen LogP contribution in [0.3, 0.4) is 0 Å². The summed E-state index contributed by atoms with van der Waals surface area (Å²) in [4.78, 5) is 35.5. The molecule has 0 aliphatic carbocycles. The topological polar surface area (TPSA) is 138 Å². The molecule has 3 N–H and O–H groups in total. The third-order valence-corrected chi connectivity index (χ3v) is 3.87. The number of ether oxygens (including phenoxy) is 2. The van der Waals surface area contributed by atoms with Gasteiger partial charge in [0.15, 0.2) is 0 Å². The second-order valence-electron chi connectivity index (χ2n) is 6.21. The van der Waals surface area contributed by atoms with Gasteiger partial charge in [0, 0.05) is 18.9 Å². The Morgan fingerprint density at radius 1 is 1.25 bits per heavy atom. The number of hydrogen-bond acceptors (Lipinski definition) is 7. The van der Waals surface area contributed by atoms with Gasteiger partial charge < -0.3 is 25.2 Å². The summed E-state index contributed by atoms with van der Waals surface area (Å²) in [6.45, 7) is 1.52. The maximum Gasteiger partial charge on any atom is 0.407 e. The lowest BCUT2D eigenvalue weighted by molar-refractivity contribution is -0.146. The van der Waals surface area contributed by atoms with E-state index in [-0.39, 0.29) is 26.0 Å². The quantitative estimate of drug-likeness (QED) is 0.503. The molecule has 9 heteroatoms. The maximum atomic E-state index is 12.0. The molecule has 0 spiro atoms. The number of esters is 1. The lowest BCUT2D eigenvalue weighted by Crippen LogP contribution is -2.47. The molecule has 0 bridgehead atoms. The van der Waals surface area contributed by atoms with E-state index >= 15 is 0 Å². The largest absolute Gasteiger partial charge is 0.467 e. The van der Waals surface area contributed by atoms with Crippen molar-refractivity contribution in [2.45, 2.75) is 38.5 Å². The molecule has 0 radical (unpaired) electrons. The summed E-state index contributed by atoms with van der Waals surface area (Å²) in [5.41, 5.74) is 0.818. The van der Waals surface area contributed by atoms with Crippen LogP contribution in [-0.2, 0) is 25.7 Å². The van der Waals surface area contributed by atoms with Crippen LogP contribution in [0.2, 0.25) is 0 Å². The fourth-order valence-corrected chi connectivity index (χ4v) is 2.32. The third-order valence-electron chi connectivity index (χ3n) is 3.87. The molecule has 0 fully saturated rings. The number of rotatable bonds is 10. The summed E-state index contributed by atoms with van der Waals surface area (Å²) in [6.07, 6.45) is -2.18. The lowest BCUT2D eigenvalue weighted by Gasteiger charge is -2.21. The molecule has 1 aromatic carbocycles. The number of carbonyl (C=O) groups excluding carboxylic acids is 3. The summed E-state index contributed by atoms with van der Waals surface area (Å²) in [5, 5.41) is 23.5. The zero-order chi connectivity index (χ0) is 20.9. The van der Waals surface area contributed by atoms with E-state index in [1.165, 1.54) is 7.11 Å². The van der Waals surface area contributed by atoms with Crippen molar-refractivity contribution in [1.29, 1.82) is 5.26 Å². The first-order valence-electron chi connectivity index (χ1n) is 8.74. The maximum absolute atomic E-state index is 12.0. The minimum Gasteiger partial charge on any atom is -0.467 e. The van der Waals surface area contributed by atoms with E-state index < -0.39 is 36.0 Å². The van der Waals surface area contributed by atoms with Crippen molar-refractivity contribution in [2.24, 2.45) is 5.92 Å². The van der Waals surface area contributed by atoms with Crippen molar-refractivity contribution >= 4 is 18.0 Å². The van der Waals surface area contributed by atoms with E-state index in [4.69, 9.17) is 10.00 Å². The third kappa shape index (κ3) is 8.51. The van der Waals surface area contributed by atoms with Crippen molar-refractivity contribution in [3.8, 4) is 6.07 Å². The molecular formula is C19H25N3O6. The second-order valence-corrected chi connectivity index (χ2v) is 6.21. The normalized spacial score (nSPS) is 13.4. The molecule has 1 aromatic rings. The van der Waals surface area contributed by atoms with Gasteiger partial charge in [-0.1, -0.05) is 37.3 Å². The number of aliphatic hydroxyl groups excluding tert-OH is 1. The van der Waals surface area contributed by atoms with Crippen LogP contribution in [0.5, 0.6) is 0 Å². The number of methoxy groups -OCH3 is 1. The summed E-state index contributed by atoms with van der Waals surface area (Å²) < 4.78 is 9.63. The van der Waals surface area contributed by atoms with Gasteiger partial charge in [0.1, 0.15) is 12.6 Å². The van der Waals surface area contributed by atoms with E-state index in [9.17, 15) is 19.5 Å². The molecule has 0 heterocycles. The Kier molecular flexibility index (Phi) is 10.1. The minimum atomic E-state index is -1.17. The van der Waals surface area contributed by atoms with Crippen LogP contribution in [0.15, 0.2) is 30.3 Å². The van der Waals surface area contributed by atoms with Gasteiger partial charge in [-0.15, -0.1) is 0 Å². The average molecular weight is 391 g/mol. The smallest absolute Gasteiger partial charge is 0.407 e. The van der Waals surface area contributed by atoms with Gasteiger partial charge in [0.05, 0.1) is 25.7 Å². The van der Waals surface area contributed by atoms with E-state index in [0.29, 0.717) is 0 Å². The average Bonchev–Trinajstić information content (AvgIpc) is 2.69. The molecule has 9 nitrogen and oxygen atoms in total. The molecule has 1 rings (SSSR count). The summed E-state index contributed by atoms with van der Waals surface area (Å²) >= 11 is 0. The van der Waals surface area contributed by atoms with Crippen molar-refractivity contribution in [2.75, 3.05) is 13.7 Å². The van der Waals surface area contributed by atoms with Crippen molar-refractivity contribution in [3.05, 3.63) is 35.9 Å². The standard InChI is InChI=1S/C19H25N3O6/c1-13(8-9-20)17(18(25)27-2)22-16(24)10-15(23)11-21-19(26)28-12-14-6-4-3-5-7-14/h3-7,13,15,17,23H,8,10-12H2,1-2H3,(H,21,26)(H,22,24)/t13-,15-,17-/m0/s1. The van der Waals surface area contributed by atoms with Crippen molar-refractivity contribution < 1.29 is 29.0 Å². The molecule has 0 unspecified atom stereocenters. The highest BCUT2D eigenvalue weighted by Crippen LogP contribution is 2.10. The number of benzene rings is 1. The molecular weight excluding hydrogens is 366 g/mol. The van der Waals surface area contributed by atoms with Gasteiger partial charge >= 0.3 is 12.1 Å². The van der Waals surface area contributed by atoms with Gasteiger partial charge in [-0.05, 0) is 5.56 Å². The molecule has 152 valence electrons. The first-order chi connectivity index (χ1) is 13.4. The van der Waals surface area contributed by atoms with Crippen LogP contribution in [0.1, 0.15) is 25.3 Å². The highest BCUT2D eigenvalue weighted by Gasteiger charge is 2.28. The van der Waals surface area contributed by atoms with Crippen LogP contribution in [0.25, 0.3) is 0 Å². The predicted molar refractivity (Wildman–Crippen MR) is 98.6 cm³/mol. The van der Waals surface area contributed by atoms with Gasteiger partial charge in [-0.2, -0.15) is 5.26 Å². The number of nitrogens with zero attached hydrogens (tertiary/aromatic N) is 1. The molecule has 0 aliphatic heterocycles. The van der Waals surface area contributed by atoms with E-state index in [2.05, 4.69) is 15.4 Å². The summed E-state index contributed by atoms with van der Waals surface area (Å²) in [5.74, 6) is -1.73. The Morgan fingerprint density at radius 2 is 1.93 bits per heavy atom. The van der Waals surface area contributed by atoms with E-state index in [1.807, 2.05) is 24.3 Å². The Morgan fingerprint density at radius 3 is 2.54 bits per heavy atom. The zero-order valence-electron chi connectivity index (χ0n) is 15.9. The Hall–Kier alpha value is -3.12. The van der Waals surface area contributed by atoms with Gasteiger partial charge in [0.2, 0.25) is 5.91 Å². The van der Waals surface area contributed by atoms with Crippen molar-refractivity contribution in [1.82, 2.24) is 10.6 Å². The van der Waals surface area contributed by atoms with Gasteiger partial charge in [0.25, 0.3) is 0 Å². The predicted octanol–water partition coefficient (Wildman–Crippen LogP) is 0.871. The van der Waals surface area contributed by atoms with Crippen LogP contribution < -0.4 is 10.6 Å². The molecule has 3 atom stereocenters. The first kappa shape index (κ1) is 22.9. The molecule has 0 saturated heterocycles. The highest BCUT2D eigenvalue weighted by molar-refractivity contribution is 5.84. The summed E-state index contributed by atoms with van der Waals surface area (Å²) in [7, 11) is 1.18. The van der Waals surface area contributed by atoms with Crippen LogP contribution in [0, 0.1) is 17.2 Å². The Bertz CT molecular complexity index is 689. The van der Waals surface area contributed by atoms with E-state index in [0.717, 1.165) is 5.56 Å². The number of nitrogens with one attached hydrogen (secondary N) is 2. The number of aliphatic hydroxyl groups is 1. The van der Waals surface area contributed by atoms with Crippen LogP contribution in [-0.4, -0.2) is 48.9 Å². The highest BCUT2D eigenvalue weighted by atomic mass is 16.5. The Balaban J connectivity index is 2.38. The Labute approximate surface area is 163 Å². The monoisotopic (exact) mass is 391 g/mol. The number of hydrogen-bond donors (Lipinski definition) is 3. The molecule has 0 saturated carbocycles. The minimum absolute atomic E-state index is 0.0530.